The number of sulfonamides is 1. The molecule has 1 saturated heterocycles. The topological polar surface area (TPSA) is 49.4 Å². The van der Waals surface area contributed by atoms with Crippen molar-refractivity contribution in [1.82, 2.24) is 9.62 Å². The molecule has 4 nitrogen and oxygen atoms in total. The molecule has 0 spiro atoms. The molecule has 20 heavy (non-hydrogen) atoms. The summed E-state index contributed by atoms with van der Waals surface area (Å²) in [5.74, 6) is 1.21. The average Bonchev–Trinajstić information content (AvgIpc) is 2.41. The zero-order valence-electron chi connectivity index (χ0n) is 11.6. The minimum absolute atomic E-state index is 0.0310. The first-order chi connectivity index (χ1) is 9.46. The van der Waals surface area contributed by atoms with E-state index in [1.807, 2.05) is 6.92 Å². The Balaban J connectivity index is 2.36. The van der Waals surface area contributed by atoms with E-state index in [0.29, 0.717) is 18.7 Å². The Morgan fingerprint density at radius 2 is 2.25 bits per heavy atom. The van der Waals surface area contributed by atoms with E-state index in [1.54, 1.807) is 18.8 Å². The molecule has 1 aliphatic rings. The van der Waals surface area contributed by atoms with Crippen LogP contribution in [-0.4, -0.2) is 43.9 Å². The number of thioether (sulfide) groups is 1. The molecule has 2 rings (SSSR count). The van der Waals surface area contributed by atoms with E-state index in [1.165, 1.54) is 22.5 Å². The lowest BCUT2D eigenvalue weighted by atomic mass is 10.2. The highest BCUT2D eigenvalue weighted by Crippen LogP contribution is 2.25. The fourth-order valence-corrected chi connectivity index (χ4v) is 5.15. The van der Waals surface area contributed by atoms with Crippen LogP contribution in [-0.2, 0) is 16.6 Å². The maximum absolute atomic E-state index is 13.6. The highest BCUT2D eigenvalue weighted by atomic mass is 32.2. The largest absolute Gasteiger partial charge is 0.316 e. The molecule has 0 bridgehead atoms. The maximum Gasteiger partial charge on any atom is 0.243 e. The molecule has 1 heterocycles. The van der Waals surface area contributed by atoms with Crippen molar-refractivity contribution in [3.05, 3.63) is 29.6 Å². The van der Waals surface area contributed by atoms with Gasteiger partial charge in [-0.3, -0.25) is 0 Å². The molecule has 0 radical (unpaired) electrons. The van der Waals surface area contributed by atoms with Crippen molar-refractivity contribution in [2.24, 2.45) is 0 Å². The van der Waals surface area contributed by atoms with Gasteiger partial charge in [-0.15, -0.1) is 0 Å². The summed E-state index contributed by atoms with van der Waals surface area (Å²) in [5.41, 5.74) is 0.368. The van der Waals surface area contributed by atoms with Crippen molar-refractivity contribution in [3.8, 4) is 0 Å². The number of rotatable bonds is 4. The first-order valence-electron chi connectivity index (χ1n) is 6.49. The molecular weight excluding hydrogens is 299 g/mol. The second-order valence-electron chi connectivity index (χ2n) is 4.82. The number of nitrogens with zero attached hydrogens (tertiary/aromatic N) is 1. The third-order valence-corrected chi connectivity index (χ3v) is 6.50. The van der Waals surface area contributed by atoms with Crippen LogP contribution in [0.3, 0.4) is 0 Å². The SMILES string of the molecule is CNCc1cc(S(=O)(=O)N2CCSCC2C)ccc1F. The van der Waals surface area contributed by atoms with Crippen LogP contribution in [0, 0.1) is 5.82 Å². The fraction of sp³-hybridized carbons (Fsp3) is 0.538. The zero-order chi connectivity index (χ0) is 14.8. The first kappa shape index (κ1) is 15.8. The smallest absolute Gasteiger partial charge is 0.243 e. The molecule has 1 atom stereocenters. The summed E-state index contributed by atoms with van der Waals surface area (Å²) in [4.78, 5) is 0.169. The van der Waals surface area contributed by atoms with Crippen LogP contribution in [0.2, 0.25) is 0 Å². The third-order valence-electron chi connectivity index (χ3n) is 3.30. The van der Waals surface area contributed by atoms with E-state index in [4.69, 9.17) is 0 Å². The molecule has 7 heteroatoms. The minimum atomic E-state index is -3.54. The Hall–Kier alpha value is -0.630. The Morgan fingerprint density at radius 1 is 1.50 bits per heavy atom. The molecule has 1 N–H and O–H groups in total. The second-order valence-corrected chi connectivity index (χ2v) is 7.86. The molecule has 0 aromatic heterocycles. The van der Waals surface area contributed by atoms with Crippen LogP contribution in [0.5, 0.6) is 0 Å². The predicted octanol–water partition coefficient (Wildman–Crippen LogP) is 1.67. The number of nitrogens with one attached hydrogen (secondary N) is 1. The van der Waals surface area contributed by atoms with E-state index in [9.17, 15) is 12.8 Å². The average molecular weight is 318 g/mol. The molecule has 1 unspecified atom stereocenters. The molecule has 112 valence electrons. The van der Waals surface area contributed by atoms with Gasteiger partial charge in [0.1, 0.15) is 5.82 Å². The summed E-state index contributed by atoms with van der Waals surface area (Å²) >= 11 is 1.76. The van der Waals surface area contributed by atoms with E-state index < -0.39 is 10.0 Å². The van der Waals surface area contributed by atoms with Gasteiger partial charge in [-0.1, -0.05) is 0 Å². The van der Waals surface area contributed by atoms with Crippen LogP contribution in [0.15, 0.2) is 23.1 Å². The van der Waals surface area contributed by atoms with E-state index in [0.717, 1.165) is 11.5 Å². The van der Waals surface area contributed by atoms with Crippen molar-refractivity contribution < 1.29 is 12.8 Å². The number of hydrogen-bond donors (Lipinski definition) is 1. The molecule has 0 saturated carbocycles. The van der Waals surface area contributed by atoms with Gasteiger partial charge in [-0.05, 0) is 32.2 Å². The highest BCUT2D eigenvalue weighted by Gasteiger charge is 2.31. The van der Waals surface area contributed by atoms with E-state index >= 15 is 0 Å². The van der Waals surface area contributed by atoms with Crippen LogP contribution < -0.4 is 5.32 Å². The Kier molecular flexibility index (Phi) is 5.06. The van der Waals surface area contributed by atoms with E-state index in [-0.39, 0.29) is 16.8 Å². The number of benzene rings is 1. The normalized spacial score (nSPS) is 21.1. The van der Waals surface area contributed by atoms with Crippen molar-refractivity contribution in [3.63, 3.8) is 0 Å². The van der Waals surface area contributed by atoms with E-state index in [2.05, 4.69) is 5.32 Å². The van der Waals surface area contributed by atoms with Crippen LogP contribution in [0.1, 0.15) is 12.5 Å². The molecule has 1 aliphatic heterocycles. The van der Waals surface area contributed by atoms with Gasteiger partial charge in [-0.2, -0.15) is 16.1 Å². The standard InChI is InChI=1S/C13H19FN2O2S2/c1-10-9-19-6-5-16(10)20(17,18)12-3-4-13(14)11(7-12)8-15-2/h3-4,7,10,15H,5-6,8-9H2,1-2H3. The second kappa shape index (κ2) is 6.43. The van der Waals surface area contributed by atoms with Crippen LogP contribution in [0.25, 0.3) is 0 Å². The van der Waals surface area contributed by atoms with Gasteiger partial charge >= 0.3 is 0 Å². The lowest BCUT2D eigenvalue weighted by Gasteiger charge is -2.32. The summed E-state index contributed by atoms with van der Waals surface area (Å²) in [6.45, 7) is 2.72. The quantitative estimate of drug-likeness (QED) is 0.917. The molecule has 0 amide bonds. The lowest BCUT2D eigenvalue weighted by molar-refractivity contribution is 0.367. The van der Waals surface area contributed by atoms with Crippen molar-refractivity contribution >= 4 is 21.8 Å². The summed E-state index contributed by atoms with van der Waals surface area (Å²) < 4.78 is 40.4. The summed E-state index contributed by atoms with van der Waals surface area (Å²) in [5, 5.41) is 2.84. The first-order valence-corrected chi connectivity index (χ1v) is 9.09. The summed E-state index contributed by atoms with van der Waals surface area (Å²) in [6.07, 6.45) is 0. The Labute approximate surface area is 123 Å². The zero-order valence-corrected chi connectivity index (χ0v) is 13.2. The van der Waals surface area contributed by atoms with Gasteiger partial charge in [-0.25, -0.2) is 12.8 Å². The third kappa shape index (κ3) is 3.16. The van der Waals surface area contributed by atoms with Crippen molar-refractivity contribution in [2.75, 3.05) is 25.1 Å². The Morgan fingerprint density at radius 3 is 2.90 bits per heavy atom. The van der Waals surface area contributed by atoms with Crippen LogP contribution in [0.4, 0.5) is 4.39 Å². The van der Waals surface area contributed by atoms with Crippen molar-refractivity contribution in [2.45, 2.75) is 24.4 Å². The number of halogens is 1. The van der Waals surface area contributed by atoms with Gasteiger partial charge in [0.15, 0.2) is 0 Å². The van der Waals surface area contributed by atoms with Crippen LogP contribution >= 0.6 is 11.8 Å². The summed E-state index contributed by atoms with van der Waals surface area (Å²) in [6, 6.07) is 3.97. The summed E-state index contributed by atoms with van der Waals surface area (Å²) in [7, 11) is -1.84. The molecule has 1 aromatic carbocycles. The monoisotopic (exact) mass is 318 g/mol. The molecule has 1 aromatic rings. The van der Waals surface area contributed by atoms with Crippen molar-refractivity contribution in [1.29, 1.82) is 0 Å². The molecular formula is C13H19FN2O2S2. The van der Waals surface area contributed by atoms with Gasteiger partial charge < -0.3 is 5.32 Å². The fourth-order valence-electron chi connectivity index (χ4n) is 2.24. The van der Waals surface area contributed by atoms with Gasteiger partial charge in [0.25, 0.3) is 0 Å². The molecule has 0 aliphatic carbocycles. The van der Waals surface area contributed by atoms with Gasteiger partial charge in [0, 0.05) is 36.2 Å². The minimum Gasteiger partial charge on any atom is -0.316 e. The van der Waals surface area contributed by atoms with Gasteiger partial charge in [0.2, 0.25) is 10.0 Å². The lowest BCUT2D eigenvalue weighted by Crippen LogP contribution is -2.44. The molecule has 1 fully saturated rings. The Bertz CT molecular complexity index is 578. The van der Waals surface area contributed by atoms with Gasteiger partial charge in [0.05, 0.1) is 4.90 Å². The predicted molar refractivity (Wildman–Crippen MR) is 79.8 cm³/mol. The number of hydrogen-bond acceptors (Lipinski definition) is 4. The maximum atomic E-state index is 13.6. The highest BCUT2D eigenvalue weighted by molar-refractivity contribution is 7.99.